The number of amides is 1. The van der Waals surface area contributed by atoms with E-state index in [2.05, 4.69) is 32.5 Å². The second-order valence-corrected chi connectivity index (χ2v) is 9.07. The highest BCUT2D eigenvalue weighted by Gasteiger charge is 2.38. The first-order valence-corrected chi connectivity index (χ1v) is 11.6. The third-order valence-corrected chi connectivity index (χ3v) is 6.32. The van der Waals surface area contributed by atoms with Crippen LogP contribution in [0.5, 0.6) is 5.75 Å². The van der Waals surface area contributed by atoms with Crippen LogP contribution in [0.2, 0.25) is 5.02 Å². The van der Waals surface area contributed by atoms with Crippen LogP contribution in [0, 0.1) is 5.41 Å². The summed E-state index contributed by atoms with van der Waals surface area (Å²) in [7, 11) is 0. The summed E-state index contributed by atoms with van der Waals surface area (Å²) in [4.78, 5) is 34.4. The van der Waals surface area contributed by atoms with Gasteiger partial charge in [0.1, 0.15) is 12.4 Å². The molecule has 3 aromatic rings. The molecule has 0 saturated carbocycles. The van der Waals surface area contributed by atoms with Gasteiger partial charge < -0.3 is 19.9 Å². The van der Waals surface area contributed by atoms with E-state index in [0.717, 1.165) is 18.4 Å². The van der Waals surface area contributed by atoms with Crippen LogP contribution in [0.25, 0.3) is 11.4 Å². The number of hydrogen-bond acceptors (Lipinski definition) is 7. The topological polar surface area (TPSA) is 131 Å². The lowest BCUT2D eigenvalue weighted by Crippen LogP contribution is -2.53. The monoisotopic (exact) mass is 497 g/mol. The van der Waals surface area contributed by atoms with Gasteiger partial charge in [-0.25, -0.2) is 4.98 Å². The van der Waals surface area contributed by atoms with Crippen molar-refractivity contribution in [3.8, 4) is 5.75 Å². The number of aliphatic hydroxyl groups excluding tert-OH is 1. The van der Waals surface area contributed by atoms with Crippen molar-refractivity contribution in [3.05, 3.63) is 75.0 Å². The van der Waals surface area contributed by atoms with Gasteiger partial charge in [0.25, 0.3) is 17.2 Å². The number of carbonyl (C=O) groups is 1. The van der Waals surface area contributed by atoms with Gasteiger partial charge in [-0.05, 0) is 25.0 Å². The summed E-state index contributed by atoms with van der Waals surface area (Å²) in [5.74, 6) is 0.613. The summed E-state index contributed by atoms with van der Waals surface area (Å²) in [6.45, 7) is 0.843. The molecule has 0 atom stereocenters. The Hall–Kier alpha value is -3.47. The number of allylic oxidation sites excluding steroid dienone is 4. The Labute approximate surface area is 205 Å². The van der Waals surface area contributed by atoms with Crippen molar-refractivity contribution < 1.29 is 19.4 Å². The molecule has 2 aromatic heterocycles. The molecule has 2 aliphatic rings. The second kappa shape index (κ2) is 9.65. The number of ether oxygens (including phenoxy) is 2. The molecule has 1 amide bonds. The predicted molar refractivity (Wildman–Crippen MR) is 128 cm³/mol. The van der Waals surface area contributed by atoms with Crippen LogP contribution in [-0.2, 0) is 11.3 Å². The number of aromatic nitrogens is 4. The van der Waals surface area contributed by atoms with E-state index in [1.165, 1.54) is 10.6 Å². The number of nitrogens with one attached hydrogen (secondary N) is 2. The summed E-state index contributed by atoms with van der Waals surface area (Å²) in [6.07, 6.45) is 7.96. The average molecular weight is 498 g/mol. The van der Waals surface area contributed by atoms with Gasteiger partial charge in [-0.1, -0.05) is 35.9 Å². The summed E-state index contributed by atoms with van der Waals surface area (Å²) >= 11 is 6.31. The first kappa shape index (κ1) is 23.3. The Morgan fingerprint density at radius 3 is 2.89 bits per heavy atom. The molecule has 0 unspecified atom stereocenters. The Morgan fingerprint density at radius 1 is 1.31 bits per heavy atom. The summed E-state index contributed by atoms with van der Waals surface area (Å²) in [6, 6.07) is 6.23. The van der Waals surface area contributed by atoms with Crippen molar-refractivity contribution in [2.24, 2.45) is 5.41 Å². The Morgan fingerprint density at radius 2 is 2.17 bits per heavy atom. The Bertz CT molecular complexity index is 1380. The number of hydrogen-bond donors (Lipinski definition) is 3. The number of rotatable bonds is 8. The molecule has 1 fully saturated rings. The van der Waals surface area contributed by atoms with Gasteiger partial charge in [-0.15, -0.1) is 0 Å². The van der Waals surface area contributed by atoms with Gasteiger partial charge in [-0.2, -0.15) is 9.50 Å². The number of aliphatic hydroxyl groups is 1. The minimum Gasteiger partial charge on any atom is -0.486 e. The van der Waals surface area contributed by atoms with Gasteiger partial charge in [0.15, 0.2) is 5.82 Å². The number of nitrogens with zero attached hydrogens (tertiary/aromatic N) is 3. The molecule has 1 aliphatic heterocycles. The summed E-state index contributed by atoms with van der Waals surface area (Å²) in [5.41, 5.74) is 0.626. The van der Waals surface area contributed by atoms with Crippen LogP contribution >= 0.6 is 11.6 Å². The normalized spacial score (nSPS) is 16.6. The second-order valence-electron chi connectivity index (χ2n) is 8.67. The molecule has 35 heavy (non-hydrogen) atoms. The summed E-state index contributed by atoms with van der Waals surface area (Å²) < 4.78 is 12.3. The highest BCUT2D eigenvalue weighted by atomic mass is 35.5. The fraction of sp³-hybridized carbons (Fsp3) is 0.333. The minimum absolute atomic E-state index is 0.0639. The molecular weight excluding hydrogens is 474 g/mol. The Kier molecular flexibility index (Phi) is 6.42. The number of aromatic amines is 1. The van der Waals surface area contributed by atoms with E-state index in [9.17, 15) is 14.7 Å². The van der Waals surface area contributed by atoms with E-state index in [-0.39, 0.29) is 47.4 Å². The lowest BCUT2D eigenvalue weighted by Gasteiger charge is -2.39. The van der Waals surface area contributed by atoms with Crippen LogP contribution in [0.4, 0.5) is 0 Å². The van der Waals surface area contributed by atoms with E-state index in [0.29, 0.717) is 24.7 Å². The highest BCUT2D eigenvalue weighted by Crippen LogP contribution is 2.29. The fourth-order valence-electron chi connectivity index (χ4n) is 3.91. The van der Waals surface area contributed by atoms with Crippen molar-refractivity contribution in [2.75, 3.05) is 26.4 Å². The van der Waals surface area contributed by atoms with Crippen molar-refractivity contribution in [1.29, 1.82) is 0 Å². The van der Waals surface area contributed by atoms with Gasteiger partial charge in [-0.3, -0.25) is 14.7 Å². The van der Waals surface area contributed by atoms with E-state index in [1.54, 1.807) is 18.2 Å². The lowest BCUT2D eigenvalue weighted by molar-refractivity contribution is -0.133. The molecule has 5 rings (SSSR count). The van der Waals surface area contributed by atoms with Crippen LogP contribution in [-0.4, -0.2) is 57.0 Å². The van der Waals surface area contributed by atoms with E-state index >= 15 is 0 Å². The summed E-state index contributed by atoms with van der Waals surface area (Å²) in [5, 5.41) is 15.6. The first-order chi connectivity index (χ1) is 17.0. The van der Waals surface area contributed by atoms with Crippen LogP contribution < -0.4 is 15.6 Å². The Balaban J connectivity index is 1.34. The molecule has 1 aromatic carbocycles. The number of carbonyl (C=O) groups excluding carboxylic acids is 1. The molecule has 182 valence electrons. The standard InChI is InChI=1S/C24H24ClN5O5/c25-17-7-4-8-18(20(17)22(33)26-11-24(12-31)13-34-14-24)35-10-16-9-19(32)30-23(27-16)28-21(29-30)15-5-2-1-3-6-15/h2,4-9,31H,1,3,10-14H2,(H,26,33)(H,27,28,29). The van der Waals surface area contributed by atoms with E-state index < -0.39 is 11.3 Å². The van der Waals surface area contributed by atoms with Gasteiger partial charge in [0.05, 0.1) is 41.5 Å². The van der Waals surface area contributed by atoms with Crippen molar-refractivity contribution in [1.82, 2.24) is 24.9 Å². The number of H-pyrrole nitrogens is 1. The predicted octanol–water partition coefficient (Wildman–Crippen LogP) is 2.12. The molecule has 0 spiro atoms. The molecule has 0 bridgehead atoms. The molecule has 3 N–H and O–H groups in total. The van der Waals surface area contributed by atoms with Gasteiger partial charge in [0, 0.05) is 18.2 Å². The molecule has 1 saturated heterocycles. The maximum atomic E-state index is 12.9. The van der Waals surface area contributed by atoms with Gasteiger partial charge in [0.2, 0.25) is 0 Å². The highest BCUT2D eigenvalue weighted by molar-refractivity contribution is 6.34. The largest absolute Gasteiger partial charge is 0.486 e. The molecule has 10 nitrogen and oxygen atoms in total. The molecule has 11 heteroatoms. The van der Waals surface area contributed by atoms with Crippen molar-refractivity contribution in [2.45, 2.75) is 19.4 Å². The zero-order valence-electron chi connectivity index (χ0n) is 18.8. The van der Waals surface area contributed by atoms with E-state index in [1.807, 2.05) is 6.08 Å². The molecule has 0 radical (unpaired) electrons. The number of fused-ring (bicyclic) bond motifs is 1. The molecule has 1 aliphatic carbocycles. The number of benzene rings is 1. The molecular formula is C24H24ClN5O5. The maximum absolute atomic E-state index is 12.9. The average Bonchev–Trinajstić information content (AvgIpc) is 3.28. The van der Waals surface area contributed by atoms with Crippen LogP contribution in [0.15, 0.2) is 47.3 Å². The smallest absolute Gasteiger partial charge is 0.274 e. The third kappa shape index (κ3) is 4.72. The zero-order valence-corrected chi connectivity index (χ0v) is 19.5. The quantitative estimate of drug-likeness (QED) is 0.434. The minimum atomic E-state index is -0.481. The lowest BCUT2D eigenvalue weighted by atomic mass is 9.87. The first-order valence-electron chi connectivity index (χ1n) is 11.2. The van der Waals surface area contributed by atoms with Crippen molar-refractivity contribution in [3.63, 3.8) is 0 Å². The SMILES string of the molecule is O=C(NCC1(CO)COC1)c1c(Cl)cccc1OCc1cc(=O)n2[nH]c(C3=CCCC=C3)nc2n1. The molecule has 3 heterocycles. The van der Waals surface area contributed by atoms with Crippen LogP contribution in [0.3, 0.4) is 0 Å². The number of halogens is 1. The zero-order chi connectivity index (χ0) is 24.4. The third-order valence-electron chi connectivity index (χ3n) is 6.01. The van der Waals surface area contributed by atoms with Gasteiger partial charge >= 0.3 is 0 Å². The van der Waals surface area contributed by atoms with Crippen LogP contribution in [0.1, 0.15) is 34.7 Å². The fourth-order valence-corrected chi connectivity index (χ4v) is 4.16. The van der Waals surface area contributed by atoms with Crippen molar-refractivity contribution >= 4 is 28.9 Å². The van der Waals surface area contributed by atoms with E-state index in [4.69, 9.17) is 21.1 Å². The maximum Gasteiger partial charge on any atom is 0.274 e.